The molecule has 0 fully saturated rings. The van der Waals surface area contributed by atoms with E-state index in [0.29, 0.717) is 17.7 Å². The highest BCUT2D eigenvalue weighted by atomic mass is 16.2. The molecule has 0 atom stereocenters. The Balaban J connectivity index is 1.34. The van der Waals surface area contributed by atoms with Crippen LogP contribution in [-0.2, 0) is 4.79 Å². The molecule has 0 unspecified atom stereocenters. The second-order valence-electron chi connectivity index (χ2n) is 11.1. The van der Waals surface area contributed by atoms with Gasteiger partial charge in [-0.1, -0.05) is 99.7 Å². The number of nitrogens with one attached hydrogen (secondary N) is 2. The van der Waals surface area contributed by atoms with Crippen molar-refractivity contribution < 1.29 is 9.59 Å². The van der Waals surface area contributed by atoms with Crippen molar-refractivity contribution in [2.45, 2.75) is 85.0 Å². The highest BCUT2D eigenvalue weighted by Crippen LogP contribution is 2.27. The van der Waals surface area contributed by atoms with Crippen LogP contribution in [0.15, 0.2) is 72.8 Å². The molecule has 4 aromatic rings. The molecule has 0 aliphatic carbocycles. The second kappa shape index (κ2) is 15.1. The monoisotopic (exact) mass is 549 g/mol. The minimum absolute atomic E-state index is 0.0343. The molecule has 0 radical (unpaired) electrons. The molecule has 0 saturated carbocycles. The molecule has 4 rings (SSSR count). The normalized spacial score (nSPS) is 11.0. The van der Waals surface area contributed by atoms with Crippen LogP contribution in [0.2, 0.25) is 0 Å². The Hall–Kier alpha value is -3.99. The third-order valence-corrected chi connectivity index (χ3v) is 7.49. The number of aromatic nitrogens is 1. The number of aryl methyl sites for hydroxylation is 2. The third-order valence-electron chi connectivity index (χ3n) is 7.49. The fourth-order valence-corrected chi connectivity index (χ4v) is 5.05. The minimum Gasteiger partial charge on any atom is -0.326 e. The van der Waals surface area contributed by atoms with Crippen LogP contribution >= 0.6 is 0 Å². The van der Waals surface area contributed by atoms with E-state index in [4.69, 9.17) is 4.98 Å². The van der Waals surface area contributed by atoms with Gasteiger partial charge in [-0.3, -0.25) is 9.59 Å². The Morgan fingerprint density at radius 3 is 1.90 bits per heavy atom. The average Bonchev–Trinajstić information content (AvgIpc) is 2.97. The molecule has 41 heavy (non-hydrogen) atoms. The third kappa shape index (κ3) is 9.01. The molecular formula is C36H43N3O2. The molecule has 3 aromatic carbocycles. The summed E-state index contributed by atoms with van der Waals surface area (Å²) in [5.74, 6) is -0.162. The van der Waals surface area contributed by atoms with E-state index in [-0.39, 0.29) is 11.8 Å². The van der Waals surface area contributed by atoms with Gasteiger partial charge < -0.3 is 10.6 Å². The number of pyridine rings is 1. The number of hydrogen-bond donors (Lipinski definition) is 2. The first-order valence-corrected chi connectivity index (χ1v) is 15.1. The van der Waals surface area contributed by atoms with Crippen molar-refractivity contribution in [3.05, 3.63) is 89.5 Å². The number of nitrogens with zero attached hydrogens (tertiary/aromatic N) is 1. The van der Waals surface area contributed by atoms with E-state index >= 15 is 0 Å². The first-order valence-electron chi connectivity index (χ1n) is 15.1. The summed E-state index contributed by atoms with van der Waals surface area (Å²) in [6.07, 6.45) is 11.6. The number of carbonyl (C=O) groups is 2. The maximum Gasteiger partial charge on any atom is 0.256 e. The maximum absolute atomic E-state index is 13.5. The van der Waals surface area contributed by atoms with E-state index in [2.05, 4.69) is 17.6 Å². The highest BCUT2D eigenvalue weighted by Gasteiger charge is 2.15. The number of rotatable bonds is 14. The Kier molecular flexibility index (Phi) is 11.1. The van der Waals surface area contributed by atoms with Gasteiger partial charge in [-0.15, -0.1) is 0 Å². The smallest absolute Gasteiger partial charge is 0.256 e. The van der Waals surface area contributed by atoms with Crippen molar-refractivity contribution in [2.75, 3.05) is 10.6 Å². The maximum atomic E-state index is 13.5. The van der Waals surface area contributed by atoms with Crippen LogP contribution in [0.1, 0.15) is 92.6 Å². The lowest BCUT2D eigenvalue weighted by Gasteiger charge is -2.12. The lowest BCUT2D eigenvalue weighted by Crippen LogP contribution is -2.14. The highest BCUT2D eigenvalue weighted by molar-refractivity contribution is 6.13. The standard InChI is InChI=1S/C36H43N3O2/c1-4-5-6-7-8-9-10-11-12-13-35(40)37-29-19-21-30(22-20-29)38-36(41)32-25-34(28-17-14-26(2)15-18-28)39-33-23-16-27(3)24-31(32)33/h14-25H,4-13H2,1-3H3,(H,37,40)(H,38,41). The predicted octanol–water partition coefficient (Wildman–Crippen LogP) is 9.63. The van der Waals surface area contributed by atoms with Crippen LogP contribution in [0.5, 0.6) is 0 Å². The number of hydrogen-bond acceptors (Lipinski definition) is 3. The van der Waals surface area contributed by atoms with Gasteiger partial charge in [-0.25, -0.2) is 4.98 Å². The van der Waals surface area contributed by atoms with E-state index in [1.807, 2.05) is 86.6 Å². The summed E-state index contributed by atoms with van der Waals surface area (Å²) in [6.45, 7) is 6.30. The Morgan fingerprint density at radius 2 is 1.24 bits per heavy atom. The summed E-state index contributed by atoms with van der Waals surface area (Å²) in [4.78, 5) is 30.7. The molecule has 2 N–H and O–H groups in total. The van der Waals surface area contributed by atoms with Crippen molar-refractivity contribution in [3.63, 3.8) is 0 Å². The van der Waals surface area contributed by atoms with Gasteiger partial charge >= 0.3 is 0 Å². The van der Waals surface area contributed by atoms with Gasteiger partial charge in [0, 0.05) is 28.7 Å². The van der Waals surface area contributed by atoms with Crippen molar-refractivity contribution >= 4 is 34.1 Å². The van der Waals surface area contributed by atoms with E-state index in [1.165, 1.54) is 50.5 Å². The summed E-state index contributed by atoms with van der Waals surface area (Å²) >= 11 is 0. The first kappa shape index (κ1) is 30.0. The zero-order chi connectivity index (χ0) is 29.0. The zero-order valence-corrected chi connectivity index (χ0v) is 24.8. The van der Waals surface area contributed by atoms with Gasteiger partial charge in [0.15, 0.2) is 0 Å². The molecule has 214 valence electrons. The molecule has 0 bridgehead atoms. The molecule has 0 aliphatic rings. The Morgan fingerprint density at radius 1 is 0.659 bits per heavy atom. The van der Waals surface area contributed by atoms with Crippen LogP contribution in [0.25, 0.3) is 22.2 Å². The number of benzene rings is 3. The van der Waals surface area contributed by atoms with Crippen LogP contribution in [0.4, 0.5) is 11.4 Å². The number of anilines is 2. The van der Waals surface area contributed by atoms with Gasteiger partial charge in [-0.2, -0.15) is 0 Å². The predicted molar refractivity (Wildman–Crippen MR) is 172 cm³/mol. The number of carbonyl (C=O) groups excluding carboxylic acids is 2. The first-order chi connectivity index (χ1) is 19.9. The van der Waals surface area contributed by atoms with Crippen molar-refractivity contribution in [1.82, 2.24) is 4.98 Å². The van der Waals surface area contributed by atoms with Crippen molar-refractivity contribution in [2.24, 2.45) is 0 Å². The van der Waals surface area contributed by atoms with Gasteiger partial charge in [-0.05, 0) is 62.7 Å². The molecule has 1 heterocycles. The molecule has 5 nitrogen and oxygen atoms in total. The number of amides is 2. The minimum atomic E-state index is -0.196. The summed E-state index contributed by atoms with van der Waals surface area (Å²) in [5.41, 5.74) is 6.73. The molecule has 5 heteroatoms. The average molecular weight is 550 g/mol. The second-order valence-corrected chi connectivity index (χ2v) is 11.1. The molecule has 2 amide bonds. The van der Waals surface area contributed by atoms with Gasteiger partial charge in [0.05, 0.1) is 16.8 Å². The van der Waals surface area contributed by atoms with Crippen LogP contribution < -0.4 is 10.6 Å². The SMILES string of the molecule is CCCCCCCCCCCC(=O)Nc1ccc(NC(=O)c2cc(-c3ccc(C)cc3)nc3ccc(C)cc23)cc1. The van der Waals surface area contributed by atoms with Gasteiger partial charge in [0.2, 0.25) is 5.91 Å². The Bertz CT molecular complexity index is 1440. The summed E-state index contributed by atoms with van der Waals surface area (Å²) in [6, 6.07) is 23.3. The summed E-state index contributed by atoms with van der Waals surface area (Å²) < 4.78 is 0. The van der Waals surface area contributed by atoms with Crippen molar-refractivity contribution in [3.8, 4) is 11.3 Å². The van der Waals surface area contributed by atoms with Crippen LogP contribution in [-0.4, -0.2) is 16.8 Å². The lowest BCUT2D eigenvalue weighted by molar-refractivity contribution is -0.116. The number of unbranched alkanes of at least 4 members (excludes halogenated alkanes) is 8. The molecule has 0 aliphatic heterocycles. The van der Waals surface area contributed by atoms with E-state index in [1.54, 1.807) is 0 Å². The van der Waals surface area contributed by atoms with E-state index in [0.717, 1.165) is 46.3 Å². The summed E-state index contributed by atoms with van der Waals surface area (Å²) in [5, 5.41) is 6.83. The quantitative estimate of drug-likeness (QED) is 0.154. The molecule has 1 aromatic heterocycles. The lowest BCUT2D eigenvalue weighted by atomic mass is 10.0. The number of fused-ring (bicyclic) bond motifs is 1. The van der Waals surface area contributed by atoms with E-state index in [9.17, 15) is 9.59 Å². The molecular weight excluding hydrogens is 506 g/mol. The molecule has 0 saturated heterocycles. The van der Waals surface area contributed by atoms with Crippen molar-refractivity contribution in [1.29, 1.82) is 0 Å². The van der Waals surface area contributed by atoms with Crippen LogP contribution in [0, 0.1) is 13.8 Å². The van der Waals surface area contributed by atoms with E-state index < -0.39 is 0 Å². The topological polar surface area (TPSA) is 71.1 Å². The fraction of sp³-hybridized carbons (Fsp3) is 0.361. The van der Waals surface area contributed by atoms with Crippen LogP contribution in [0.3, 0.4) is 0 Å². The summed E-state index contributed by atoms with van der Waals surface area (Å²) in [7, 11) is 0. The Labute approximate surface area is 244 Å². The molecule has 0 spiro atoms. The zero-order valence-electron chi connectivity index (χ0n) is 24.8. The van der Waals surface area contributed by atoms with Gasteiger partial charge in [0.1, 0.15) is 0 Å². The fourth-order valence-electron chi connectivity index (χ4n) is 5.05. The largest absolute Gasteiger partial charge is 0.326 e. The van der Waals surface area contributed by atoms with Gasteiger partial charge in [0.25, 0.3) is 5.91 Å².